The first-order valence-electron chi connectivity index (χ1n) is 6.37. The number of hydrogen-bond acceptors (Lipinski definition) is 4. The largest absolute Gasteiger partial charge is 0.469 e. The Kier molecular flexibility index (Phi) is 7.59. The van der Waals surface area contributed by atoms with E-state index in [2.05, 4.69) is 10.1 Å². The predicted molar refractivity (Wildman–Crippen MR) is 71.3 cm³/mol. The van der Waals surface area contributed by atoms with Crippen LogP contribution in [-0.4, -0.2) is 49.6 Å². The highest BCUT2D eigenvalue weighted by molar-refractivity contribution is 5.78. The summed E-state index contributed by atoms with van der Waals surface area (Å²) in [6, 6.07) is 0. The molecule has 1 amide bonds. The average molecular weight is 258 g/mol. The fourth-order valence-corrected chi connectivity index (χ4v) is 1.42. The average Bonchev–Trinajstić information content (AvgIpc) is 2.27. The number of rotatable bonds is 8. The number of nitrogens with zero attached hydrogens (tertiary/aromatic N) is 1. The van der Waals surface area contributed by atoms with Gasteiger partial charge < -0.3 is 10.1 Å². The highest BCUT2D eigenvalue weighted by atomic mass is 16.5. The lowest BCUT2D eigenvalue weighted by Crippen LogP contribution is -2.46. The maximum Gasteiger partial charge on any atom is 0.305 e. The standard InChI is InChI=1S/C13H26N2O3/c1-6-13(2,3)14-11(16)10-15(4)9-7-8-12(17)18-5/h6-10H2,1-5H3,(H,14,16). The molecule has 0 aromatic rings. The predicted octanol–water partition coefficient (Wildman–Crippen LogP) is 1.18. The third-order valence-corrected chi connectivity index (χ3v) is 2.92. The van der Waals surface area contributed by atoms with E-state index in [1.54, 1.807) is 0 Å². The minimum Gasteiger partial charge on any atom is -0.469 e. The molecule has 0 aromatic carbocycles. The smallest absolute Gasteiger partial charge is 0.305 e. The van der Waals surface area contributed by atoms with Crippen LogP contribution in [0.2, 0.25) is 0 Å². The van der Waals surface area contributed by atoms with E-state index in [9.17, 15) is 9.59 Å². The molecule has 1 N–H and O–H groups in total. The number of ether oxygens (including phenoxy) is 1. The van der Waals surface area contributed by atoms with Gasteiger partial charge in [-0.05, 0) is 40.3 Å². The summed E-state index contributed by atoms with van der Waals surface area (Å²) >= 11 is 0. The van der Waals surface area contributed by atoms with Crippen LogP contribution in [0.25, 0.3) is 0 Å². The molecular formula is C13H26N2O3. The van der Waals surface area contributed by atoms with Crippen molar-refractivity contribution < 1.29 is 14.3 Å². The Morgan fingerprint density at radius 1 is 1.33 bits per heavy atom. The van der Waals surface area contributed by atoms with Crippen LogP contribution in [0.5, 0.6) is 0 Å². The molecule has 0 heterocycles. The molecule has 0 saturated carbocycles. The van der Waals surface area contributed by atoms with Crippen molar-refractivity contribution in [1.82, 2.24) is 10.2 Å². The second kappa shape index (κ2) is 8.08. The van der Waals surface area contributed by atoms with E-state index in [-0.39, 0.29) is 17.4 Å². The van der Waals surface area contributed by atoms with Crippen molar-refractivity contribution in [2.24, 2.45) is 0 Å². The van der Waals surface area contributed by atoms with Crippen molar-refractivity contribution in [2.75, 3.05) is 27.2 Å². The Bertz CT molecular complexity index is 277. The SMILES string of the molecule is CCC(C)(C)NC(=O)CN(C)CCCC(=O)OC. The van der Waals surface area contributed by atoms with E-state index in [0.29, 0.717) is 25.9 Å². The molecule has 0 saturated heterocycles. The Morgan fingerprint density at radius 3 is 2.44 bits per heavy atom. The fourth-order valence-electron chi connectivity index (χ4n) is 1.42. The molecule has 106 valence electrons. The Labute approximate surface area is 110 Å². The van der Waals surface area contributed by atoms with Crippen molar-refractivity contribution >= 4 is 11.9 Å². The van der Waals surface area contributed by atoms with E-state index in [1.807, 2.05) is 32.7 Å². The molecule has 0 atom stereocenters. The topological polar surface area (TPSA) is 58.6 Å². The van der Waals surface area contributed by atoms with Gasteiger partial charge in [-0.2, -0.15) is 0 Å². The summed E-state index contributed by atoms with van der Waals surface area (Å²) in [5.74, 6) is -0.192. The second-order valence-corrected chi connectivity index (χ2v) is 5.20. The maximum absolute atomic E-state index is 11.7. The first-order valence-corrected chi connectivity index (χ1v) is 6.37. The van der Waals surface area contributed by atoms with Crippen LogP contribution in [0.4, 0.5) is 0 Å². The maximum atomic E-state index is 11.7. The van der Waals surface area contributed by atoms with Crippen LogP contribution in [-0.2, 0) is 14.3 Å². The van der Waals surface area contributed by atoms with E-state index in [0.717, 1.165) is 6.42 Å². The Balaban J connectivity index is 3.84. The molecule has 0 radical (unpaired) electrons. The van der Waals surface area contributed by atoms with Crippen molar-refractivity contribution in [3.63, 3.8) is 0 Å². The molecule has 0 fully saturated rings. The van der Waals surface area contributed by atoms with Gasteiger partial charge in [0, 0.05) is 12.0 Å². The lowest BCUT2D eigenvalue weighted by Gasteiger charge is -2.26. The summed E-state index contributed by atoms with van der Waals surface area (Å²) in [6.07, 6.45) is 1.99. The summed E-state index contributed by atoms with van der Waals surface area (Å²) in [6.45, 7) is 7.10. The van der Waals surface area contributed by atoms with Gasteiger partial charge in [0.1, 0.15) is 0 Å². The normalized spacial score (nSPS) is 11.4. The number of nitrogens with one attached hydrogen (secondary N) is 1. The van der Waals surface area contributed by atoms with Gasteiger partial charge in [0.15, 0.2) is 0 Å². The zero-order valence-corrected chi connectivity index (χ0v) is 12.2. The molecule has 0 rings (SSSR count). The second-order valence-electron chi connectivity index (χ2n) is 5.20. The molecule has 0 spiro atoms. The first-order chi connectivity index (χ1) is 8.30. The van der Waals surface area contributed by atoms with Crippen molar-refractivity contribution in [1.29, 1.82) is 0 Å². The first kappa shape index (κ1) is 16.9. The van der Waals surface area contributed by atoms with Crippen LogP contribution in [0.3, 0.4) is 0 Å². The van der Waals surface area contributed by atoms with E-state index in [1.165, 1.54) is 7.11 Å². The molecule has 18 heavy (non-hydrogen) atoms. The number of carbonyl (C=O) groups excluding carboxylic acids is 2. The van der Waals surface area contributed by atoms with Gasteiger partial charge in [-0.1, -0.05) is 6.92 Å². The van der Waals surface area contributed by atoms with Crippen LogP contribution >= 0.6 is 0 Å². The van der Waals surface area contributed by atoms with Gasteiger partial charge in [-0.25, -0.2) is 0 Å². The minimum atomic E-state index is -0.208. The van der Waals surface area contributed by atoms with Crippen LogP contribution in [0, 0.1) is 0 Å². The highest BCUT2D eigenvalue weighted by Crippen LogP contribution is 2.06. The zero-order chi connectivity index (χ0) is 14.2. The van der Waals surface area contributed by atoms with Crippen molar-refractivity contribution in [2.45, 2.75) is 45.6 Å². The molecule has 0 aliphatic heterocycles. The number of esters is 1. The van der Waals surface area contributed by atoms with Crippen LogP contribution < -0.4 is 5.32 Å². The summed E-state index contributed by atoms with van der Waals surface area (Å²) in [7, 11) is 3.25. The number of hydrogen-bond donors (Lipinski definition) is 1. The summed E-state index contributed by atoms with van der Waals surface area (Å²) in [5, 5.41) is 2.97. The van der Waals surface area contributed by atoms with Crippen molar-refractivity contribution in [3.8, 4) is 0 Å². The Hall–Kier alpha value is -1.10. The fraction of sp³-hybridized carbons (Fsp3) is 0.846. The van der Waals surface area contributed by atoms with Crippen molar-refractivity contribution in [3.05, 3.63) is 0 Å². The van der Waals surface area contributed by atoms with Gasteiger partial charge in [0.05, 0.1) is 13.7 Å². The van der Waals surface area contributed by atoms with Crippen LogP contribution in [0.1, 0.15) is 40.0 Å². The van der Waals surface area contributed by atoms with Gasteiger partial charge in [0.2, 0.25) is 5.91 Å². The summed E-state index contributed by atoms with van der Waals surface area (Å²) < 4.78 is 4.56. The number of methoxy groups -OCH3 is 1. The van der Waals surface area contributed by atoms with Crippen LogP contribution in [0.15, 0.2) is 0 Å². The van der Waals surface area contributed by atoms with Gasteiger partial charge in [-0.15, -0.1) is 0 Å². The van der Waals surface area contributed by atoms with Gasteiger partial charge in [-0.3, -0.25) is 14.5 Å². The Morgan fingerprint density at radius 2 is 1.94 bits per heavy atom. The highest BCUT2D eigenvalue weighted by Gasteiger charge is 2.18. The molecule has 0 aliphatic rings. The molecule has 0 unspecified atom stereocenters. The number of carbonyl (C=O) groups is 2. The zero-order valence-electron chi connectivity index (χ0n) is 12.2. The van der Waals surface area contributed by atoms with E-state index in [4.69, 9.17) is 0 Å². The molecule has 5 nitrogen and oxygen atoms in total. The molecule has 5 heteroatoms. The summed E-state index contributed by atoms with van der Waals surface area (Å²) in [4.78, 5) is 24.6. The molecule has 0 aliphatic carbocycles. The number of likely N-dealkylation sites (N-methyl/N-ethyl adjacent to an activating group) is 1. The lowest BCUT2D eigenvalue weighted by atomic mass is 10.0. The van der Waals surface area contributed by atoms with E-state index < -0.39 is 0 Å². The molecular weight excluding hydrogens is 232 g/mol. The lowest BCUT2D eigenvalue weighted by molar-refractivity contribution is -0.140. The molecule has 0 aromatic heterocycles. The minimum absolute atomic E-state index is 0.0161. The summed E-state index contributed by atoms with van der Waals surface area (Å²) in [5.41, 5.74) is -0.163. The number of amides is 1. The van der Waals surface area contributed by atoms with Gasteiger partial charge in [0.25, 0.3) is 0 Å². The monoisotopic (exact) mass is 258 g/mol. The van der Waals surface area contributed by atoms with E-state index >= 15 is 0 Å². The quantitative estimate of drug-likeness (QED) is 0.664. The molecule has 0 bridgehead atoms. The van der Waals surface area contributed by atoms with Gasteiger partial charge >= 0.3 is 5.97 Å². The third kappa shape index (κ3) is 8.06. The third-order valence-electron chi connectivity index (χ3n) is 2.92.